The molecular weight excluding hydrogens is 376 g/mol. The van der Waals surface area contributed by atoms with Gasteiger partial charge in [-0.15, -0.1) is 0 Å². The van der Waals surface area contributed by atoms with E-state index in [1.165, 1.54) is 13.8 Å². The third-order valence-corrected chi connectivity index (χ3v) is 5.26. The van der Waals surface area contributed by atoms with Crippen molar-refractivity contribution in [3.05, 3.63) is 33.5 Å². The number of hydrogen-bond acceptors (Lipinski definition) is 4. The van der Waals surface area contributed by atoms with Crippen molar-refractivity contribution in [2.75, 3.05) is 13.2 Å². The van der Waals surface area contributed by atoms with Gasteiger partial charge in [0, 0.05) is 4.47 Å². The van der Waals surface area contributed by atoms with Crippen LogP contribution in [0.3, 0.4) is 0 Å². The van der Waals surface area contributed by atoms with Crippen LogP contribution in [0, 0.1) is 5.82 Å². The Morgan fingerprint density at radius 1 is 1.29 bits per heavy atom. The van der Waals surface area contributed by atoms with Gasteiger partial charge in [0.05, 0.1) is 24.3 Å². The van der Waals surface area contributed by atoms with Crippen molar-refractivity contribution in [3.8, 4) is 0 Å². The second kappa shape index (κ2) is 7.05. The first kappa shape index (κ1) is 18.4. The first-order valence-corrected chi connectivity index (χ1v) is 8.28. The number of halogens is 4. The lowest BCUT2D eigenvalue weighted by Gasteiger charge is -2.26. The molecule has 0 aliphatic heterocycles. The molecule has 0 spiro atoms. The molecule has 0 saturated carbocycles. The molecule has 1 aromatic rings. The lowest BCUT2D eigenvalue weighted by molar-refractivity contribution is 0.0352. The minimum atomic E-state index is -4.83. The number of aldehydes is 1. The number of alkyl halides is 2. The smallest absolute Gasteiger partial charge is 0.304 e. The van der Waals surface area contributed by atoms with E-state index in [9.17, 15) is 22.5 Å². The van der Waals surface area contributed by atoms with Gasteiger partial charge in [-0.05, 0) is 26.0 Å². The summed E-state index contributed by atoms with van der Waals surface area (Å²) >= 11 is 2.81. The van der Waals surface area contributed by atoms with Gasteiger partial charge in [-0.2, -0.15) is 8.78 Å². The van der Waals surface area contributed by atoms with Crippen molar-refractivity contribution in [1.29, 1.82) is 0 Å². The van der Waals surface area contributed by atoms with Crippen LogP contribution >= 0.6 is 23.5 Å². The Balaban J connectivity index is 3.44. The standard InChI is InChI=1S/C12H13BrF3O4P/c1-3-19-21(18,20-4-2)12(15,16)9-6-11(14)8(7-17)5-10(9)13/h5-7H,3-4H2,1-2H3. The maximum atomic E-state index is 14.5. The molecule has 0 bridgehead atoms. The summed E-state index contributed by atoms with van der Waals surface area (Å²) < 4.78 is 63.7. The minimum Gasteiger partial charge on any atom is -0.304 e. The van der Waals surface area contributed by atoms with Crippen LogP contribution in [0.5, 0.6) is 0 Å². The molecule has 0 saturated heterocycles. The molecule has 0 aromatic heterocycles. The summed E-state index contributed by atoms with van der Waals surface area (Å²) in [7, 11) is -4.83. The summed E-state index contributed by atoms with van der Waals surface area (Å²) in [5.74, 6) is -1.15. The summed E-state index contributed by atoms with van der Waals surface area (Å²) in [6.45, 7) is 2.23. The predicted molar refractivity (Wildman–Crippen MR) is 74.2 cm³/mol. The van der Waals surface area contributed by atoms with Gasteiger partial charge in [0.1, 0.15) is 5.82 Å². The molecule has 1 rings (SSSR count). The van der Waals surface area contributed by atoms with E-state index in [0.717, 1.165) is 6.07 Å². The van der Waals surface area contributed by atoms with Crippen molar-refractivity contribution < 1.29 is 31.6 Å². The molecule has 0 heterocycles. The number of carbonyl (C=O) groups is 1. The van der Waals surface area contributed by atoms with Gasteiger partial charge < -0.3 is 9.05 Å². The first-order valence-electron chi connectivity index (χ1n) is 5.95. The van der Waals surface area contributed by atoms with Crippen molar-refractivity contribution in [1.82, 2.24) is 0 Å². The average molecular weight is 389 g/mol. The highest BCUT2D eigenvalue weighted by molar-refractivity contribution is 9.10. The highest BCUT2D eigenvalue weighted by atomic mass is 79.9. The summed E-state index contributed by atoms with van der Waals surface area (Å²) in [5.41, 5.74) is -5.37. The SMILES string of the molecule is CCOP(=O)(OCC)C(F)(F)c1cc(F)c(C=O)cc1Br. The van der Waals surface area contributed by atoms with Gasteiger partial charge in [0.25, 0.3) is 0 Å². The van der Waals surface area contributed by atoms with Gasteiger partial charge in [-0.1, -0.05) is 15.9 Å². The molecular formula is C12H13BrF3O4P. The van der Waals surface area contributed by atoms with Gasteiger partial charge >= 0.3 is 13.3 Å². The van der Waals surface area contributed by atoms with E-state index in [4.69, 9.17) is 0 Å². The lowest BCUT2D eigenvalue weighted by atomic mass is 10.1. The highest BCUT2D eigenvalue weighted by Gasteiger charge is 2.55. The quantitative estimate of drug-likeness (QED) is 0.501. The molecule has 4 nitrogen and oxygen atoms in total. The van der Waals surface area contributed by atoms with E-state index in [1.807, 2.05) is 0 Å². The van der Waals surface area contributed by atoms with E-state index in [1.54, 1.807) is 0 Å². The van der Waals surface area contributed by atoms with E-state index >= 15 is 0 Å². The van der Waals surface area contributed by atoms with Crippen molar-refractivity contribution in [2.24, 2.45) is 0 Å². The molecule has 0 radical (unpaired) electrons. The highest BCUT2D eigenvalue weighted by Crippen LogP contribution is 2.67. The van der Waals surface area contributed by atoms with Gasteiger partial charge in [-0.25, -0.2) is 4.39 Å². The van der Waals surface area contributed by atoms with E-state index in [-0.39, 0.29) is 24.0 Å². The topological polar surface area (TPSA) is 52.6 Å². The molecule has 0 aliphatic carbocycles. The van der Waals surface area contributed by atoms with Crippen molar-refractivity contribution in [3.63, 3.8) is 0 Å². The van der Waals surface area contributed by atoms with Crippen LogP contribution in [0.4, 0.5) is 13.2 Å². The van der Waals surface area contributed by atoms with Gasteiger partial charge in [0.2, 0.25) is 0 Å². The minimum absolute atomic E-state index is 0.187. The van der Waals surface area contributed by atoms with Crippen LogP contribution in [0.1, 0.15) is 29.8 Å². The number of benzene rings is 1. The Morgan fingerprint density at radius 3 is 2.24 bits per heavy atom. The number of carbonyl (C=O) groups excluding carboxylic acids is 1. The zero-order valence-electron chi connectivity index (χ0n) is 11.2. The maximum absolute atomic E-state index is 14.5. The maximum Gasteiger partial charge on any atom is 0.404 e. The zero-order valence-corrected chi connectivity index (χ0v) is 13.7. The summed E-state index contributed by atoms with van der Waals surface area (Å²) in [4.78, 5) is 10.6. The second-order valence-electron chi connectivity index (χ2n) is 3.85. The van der Waals surface area contributed by atoms with Gasteiger partial charge in [-0.3, -0.25) is 9.36 Å². The molecule has 0 atom stereocenters. The molecule has 0 amide bonds. The Kier molecular flexibility index (Phi) is 6.16. The Hall–Kier alpha value is -0.690. The predicted octanol–water partition coefficient (Wildman–Crippen LogP) is 4.72. The third kappa shape index (κ3) is 3.56. The first-order chi connectivity index (χ1) is 9.73. The molecule has 118 valence electrons. The third-order valence-electron chi connectivity index (χ3n) is 2.48. The molecule has 0 fully saturated rings. The normalized spacial score (nSPS) is 12.5. The Labute approximate surface area is 128 Å². The monoisotopic (exact) mass is 388 g/mol. The van der Waals surface area contributed by atoms with E-state index in [2.05, 4.69) is 25.0 Å². The Bertz CT molecular complexity index is 570. The fourth-order valence-electron chi connectivity index (χ4n) is 1.57. The van der Waals surface area contributed by atoms with Crippen molar-refractivity contribution in [2.45, 2.75) is 19.5 Å². The second-order valence-corrected chi connectivity index (χ2v) is 6.77. The fraction of sp³-hybridized carbons (Fsp3) is 0.417. The van der Waals surface area contributed by atoms with E-state index < -0.39 is 30.2 Å². The number of rotatable bonds is 7. The van der Waals surface area contributed by atoms with Crippen LogP contribution in [-0.2, 0) is 19.3 Å². The molecule has 9 heteroatoms. The molecule has 21 heavy (non-hydrogen) atoms. The van der Waals surface area contributed by atoms with Crippen LogP contribution in [0.15, 0.2) is 16.6 Å². The van der Waals surface area contributed by atoms with Crippen LogP contribution < -0.4 is 0 Å². The van der Waals surface area contributed by atoms with Crippen molar-refractivity contribution >= 4 is 29.8 Å². The average Bonchev–Trinajstić information content (AvgIpc) is 2.41. The lowest BCUT2D eigenvalue weighted by Crippen LogP contribution is -2.19. The number of hydrogen-bond donors (Lipinski definition) is 0. The fourth-order valence-corrected chi connectivity index (χ4v) is 3.89. The molecule has 1 aromatic carbocycles. The van der Waals surface area contributed by atoms with E-state index in [0.29, 0.717) is 6.07 Å². The van der Waals surface area contributed by atoms with Crippen LogP contribution in [-0.4, -0.2) is 19.5 Å². The molecule has 0 aliphatic rings. The van der Waals surface area contributed by atoms with Crippen LogP contribution in [0.2, 0.25) is 0 Å². The summed E-state index contributed by atoms with van der Waals surface area (Å²) in [6.07, 6.45) is 0.187. The Morgan fingerprint density at radius 2 is 1.81 bits per heavy atom. The largest absolute Gasteiger partial charge is 0.404 e. The molecule has 0 N–H and O–H groups in total. The molecule has 0 unspecified atom stereocenters. The van der Waals surface area contributed by atoms with Crippen LogP contribution in [0.25, 0.3) is 0 Å². The summed E-state index contributed by atoms with van der Waals surface area (Å²) in [6, 6.07) is 1.33. The summed E-state index contributed by atoms with van der Waals surface area (Å²) in [5, 5.41) is 0. The zero-order chi connectivity index (χ0) is 16.3. The van der Waals surface area contributed by atoms with Gasteiger partial charge in [0.15, 0.2) is 6.29 Å².